The molecule has 7 nitrogen and oxygen atoms in total. The van der Waals surface area contributed by atoms with Crippen molar-refractivity contribution in [2.75, 3.05) is 0 Å². The van der Waals surface area contributed by atoms with Crippen LogP contribution in [0.3, 0.4) is 0 Å². The molecule has 0 aliphatic heterocycles. The standard InChI is InChI=1S/C28H20F3N3O4S2/c29-28(30,31)15-24-22(13-17-9-11-21(12-10-17)40(37)38)25(33-34(24)27-32-23(16-39-27)26(35)36)20-8-4-7-19(14-20)18-5-2-1-3-6-18/h1-12,14,16H,13,15H2,(H,35,36)(H,37,38). The minimum absolute atomic E-state index is 0.00520. The first-order valence-corrected chi connectivity index (χ1v) is 13.8. The SMILES string of the molecule is O=C(O)c1csc(-n2nc(-c3cccc(-c4ccccc4)c3)c(Cc3ccc(S(=O)O)cc3)c2CC(F)(F)F)n1. The van der Waals surface area contributed by atoms with E-state index in [0.29, 0.717) is 16.8 Å². The van der Waals surface area contributed by atoms with Gasteiger partial charge in [-0.2, -0.15) is 18.3 Å². The van der Waals surface area contributed by atoms with E-state index >= 15 is 0 Å². The molecule has 0 saturated heterocycles. The van der Waals surface area contributed by atoms with Crippen LogP contribution in [0.25, 0.3) is 27.5 Å². The Morgan fingerprint density at radius 1 is 0.950 bits per heavy atom. The number of hydrogen-bond donors (Lipinski definition) is 2. The zero-order valence-corrected chi connectivity index (χ0v) is 22.1. The van der Waals surface area contributed by atoms with Gasteiger partial charge in [0.25, 0.3) is 0 Å². The van der Waals surface area contributed by atoms with Crippen LogP contribution < -0.4 is 0 Å². The van der Waals surface area contributed by atoms with E-state index in [1.807, 2.05) is 42.5 Å². The first-order chi connectivity index (χ1) is 19.1. The molecule has 2 aromatic heterocycles. The minimum Gasteiger partial charge on any atom is -0.476 e. The van der Waals surface area contributed by atoms with Crippen molar-refractivity contribution in [2.24, 2.45) is 0 Å². The molecule has 0 aliphatic carbocycles. The third-order valence-electron chi connectivity index (χ3n) is 6.10. The van der Waals surface area contributed by atoms with Gasteiger partial charge in [0, 0.05) is 22.9 Å². The van der Waals surface area contributed by atoms with Crippen LogP contribution in [-0.2, 0) is 23.9 Å². The lowest BCUT2D eigenvalue weighted by Gasteiger charge is -2.12. The van der Waals surface area contributed by atoms with Crippen molar-refractivity contribution in [3.8, 4) is 27.5 Å². The van der Waals surface area contributed by atoms with Crippen LogP contribution in [0.2, 0.25) is 0 Å². The number of rotatable bonds is 8. The molecule has 5 aromatic rings. The number of aromatic carboxylic acids is 1. The van der Waals surface area contributed by atoms with Gasteiger partial charge in [0.15, 0.2) is 16.8 Å². The van der Waals surface area contributed by atoms with Gasteiger partial charge in [0.2, 0.25) is 5.13 Å². The van der Waals surface area contributed by atoms with Gasteiger partial charge in [-0.25, -0.2) is 18.7 Å². The maximum Gasteiger partial charge on any atom is 0.394 e. The van der Waals surface area contributed by atoms with Crippen molar-refractivity contribution in [3.05, 3.63) is 107 Å². The Hall–Kier alpha value is -4.13. The largest absolute Gasteiger partial charge is 0.476 e. The van der Waals surface area contributed by atoms with Crippen LogP contribution in [0.1, 0.15) is 27.3 Å². The predicted octanol–water partition coefficient (Wildman–Crippen LogP) is 6.64. The molecule has 1 atom stereocenters. The van der Waals surface area contributed by atoms with Crippen LogP contribution >= 0.6 is 11.3 Å². The Morgan fingerprint density at radius 2 is 1.62 bits per heavy atom. The number of thiazole rings is 1. The quantitative estimate of drug-likeness (QED) is 0.199. The lowest BCUT2D eigenvalue weighted by atomic mass is 9.95. The van der Waals surface area contributed by atoms with Crippen molar-refractivity contribution in [2.45, 2.75) is 23.9 Å². The van der Waals surface area contributed by atoms with Gasteiger partial charge >= 0.3 is 12.1 Å². The highest BCUT2D eigenvalue weighted by molar-refractivity contribution is 7.79. The highest BCUT2D eigenvalue weighted by Crippen LogP contribution is 2.35. The predicted molar refractivity (Wildman–Crippen MR) is 145 cm³/mol. The Labute approximate surface area is 232 Å². The Bertz CT molecular complexity index is 1700. The first kappa shape index (κ1) is 27.4. The first-order valence-electron chi connectivity index (χ1n) is 11.8. The molecule has 0 fully saturated rings. The molecule has 2 heterocycles. The number of nitrogens with zero attached hydrogens (tertiary/aromatic N) is 3. The summed E-state index contributed by atoms with van der Waals surface area (Å²) >= 11 is -1.32. The minimum atomic E-state index is -4.60. The van der Waals surface area contributed by atoms with Crippen molar-refractivity contribution in [1.82, 2.24) is 14.8 Å². The van der Waals surface area contributed by atoms with Gasteiger partial charge in [-0.1, -0.05) is 60.7 Å². The number of halogens is 3. The summed E-state index contributed by atoms with van der Waals surface area (Å²) in [6.07, 6.45) is -5.89. The molecule has 204 valence electrons. The third kappa shape index (κ3) is 6.03. The number of carbonyl (C=O) groups is 1. The maximum absolute atomic E-state index is 13.9. The summed E-state index contributed by atoms with van der Waals surface area (Å²) in [6.45, 7) is 0. The van der Waals surface area contributed by atoms with E-state index in [1.165, 1.54) is 17.5 Å². The molecule has 0 saturated carbocycles. The topological polar surface area (TPSA) is 105 Å². The summed E-state index contributed by atoms with van der Waals surface area (Å²) in [5.74, 6) is -1.30. The van der Waals surface area contributed by atoms with E-state index < -0.39 is 29.6 Å². The molecule has 1 unspecified atom stereocenters. The zero-order valence-electron chi connectivity index (χ0n) is 20.5. The highest BCUT2D eigenvalue weighted by Gasteiger charge is 2.34. The third-order valence-corrected chi connectivity index (χ3v) is 7.59. The Kier molecular flexibility index (Phi) is 7.66. The lowest BCUT2D eigenvalue weighted by molar-refractivity contribution is -0.128. The molecule has 0 amide bonds. The molecule has 0 aliphatic rings. The monoisotopic (exact) mass is 583 g/mol. The molecule has 0 bridgehead atoms. The number of alkyl halides is 3. The fourth-order valence-electron chi connectivity index (χ4n) is 4.30. The van der Waals surface area contributed by atoms with E-state index in [4.69, 9.17) is 0 Å². The number of benzene rings is 3. The average Bonchev–Trinajstić information content (AvgIpc) is 3.55. The highest BCUT2D eigenvalue weighted by atomic mass is 32.2. The molecule has 0 spiro atoms. The number of carboxylic acids is 1. The van der Waals surface area contributed by atoms with Crippen molar-refractivity contribution in [1.29, 1.82) is 0 Å². The summed E-state index contributed by atoms with van der Waals surface area (Å²) < 4.78 is 63.6. The summed E-state index contributed by atoms with van der Waals surface area (Å²) in [6, 6.07) is 22.8. The molecule has 0 radical (unpaired) electrons. The number of hydrogen-bond acceptors (Lipinski definition) is 5. The summed E-state index contributed by atoms with van der Waals surface area (Å²) in [7, 11) is 0. The molecular formula is C28H20F3N3O4S2. The van der Waals surface area contributed by atoms with E-state index in [-0.39, 0.29) is 33.4 Å². The van der Waals surface area contributed by atoms with E-state index in [1.54, 1.807) is 24.3 Å². The van der Waals surface area contributed by atoms with Gasteiger partial charge in [-0.15, -0.1) is 11.3 Å². The normalized spacial score (nSPS) is 12.4. The van der Waals surface area contributed by atoms with Gasteiger partial charge in [0.1, 0.15) is 0 Å². The van der Waals surface area contributed by atoms with Gasteiger partial charge in [-0.05, 0) is 34.9 Å². The van der Waals surface area contributed by atoms with Crippen LogP contribution in [0.4, 0.5) is 13.2 Å². The molecule has 12 heteroatoms. The van der Waals surface area contributed by atoms with Gasteiger partial charge < -0.3 is 9.66 Å². The molecule has 40 heavy (non-hydrogen) atoms. The lowest BCUT2D eigenvalue weighted by Crippen LogP contribution is -2.17. The molecular weight excluding hydrogens is 563 g/mol. The van der Waals surface area contributed by atoms with E-state index in [9.17, 15) is 31.8 Å². The molecule has 3 aromatic carbocycles. The summed E-state index contributed by atoms with van der Waals surface area (Å²) in [4.78, 5) is 15.6. The van der Waals surface area contributed by atoms with E-state index in [0.717, 1.165) is 27.1 Å². The smallest absolute Gasteiger partial charge is 0.394 e. The molecule has 2 N–H and O–H groups in total. The second-order valence-corrected chi connectivity index (χ2v) is 10.6. The fourth-order valence-corrected chi connectivity index (χ4v) is 5.44. The Morgan fingerprint density at radius 3 is 2.25 bits per heavy atom. The fraction of sp³-hybridized carbons (Fsp3) is 0.107. The zero-order chi connectivity index (χ0) is 28.4. The van der Waals surface area contributed by atoms with Crippen molar-refractivity contribution >= 4 is 28.4 Å². The van der Waals surface area contributed by atoms with Crippen LogP contribution in [0.15, 0.2) is 89.1 Å². The Balaban J connectivity index is 1.71. The summed E-state index contributed by atoms with van der Waals surface area (Å²) in [5.41, 5.74) is 3.03. The van der Waals surface area contributed by atoms with Gasteiger partial charge in [0.05, 0.1) is 22.7 Å². The second-order valence-electron chi connectivity index (χ2n) is 8.81. The maximum atomic E-state index is 13.9. The second kappa shape index (κ2) is 11.2. The average molecular weight is 584 g/mol. The molecule has 5 rings (SSSR count). The number of carboxylic acid groups (broad SMARTS) is 1. The summed E-state index contributed by atoms with van der Waals surface area (Å²) in [5, 5.41) is 15.1. The van der Waals surface area contributed by atoms with Crippen LogP contribution in [-0.4, -0.2) is 40.8 Å². The van der Waals surface area contributed by atoms with Crippen molar-refractivity contribution < 1.29 is 31.8 Å². The van der Waals surface area contributed by atoms with Crippen molar-refractivity contribution in [3.63, 3.8) is 0 Å². The van der Waals surface area contributed by atoms with Crippen LogP contribution in [0.5, 0.6) is 0 Å². The van der Waals surface area contributed by atoms with Gasteiger partial charge in [-0.3, -0.25) is 0 Å². The number of aromatic nitrogens is 3. The van der Waals surface area contributed by atoms with E-state index in [2.05, 4.69) is 10.1 Å². The van der Waals surface area contributed by atoms with Crippen LogP contribution in [0, 0.1) is 0 Å².